The fourth-order valence-electron chi connectivity index (χ4n) is 1.45. The lowest BCUT2D eigenvalue weighted by Crippen LogP contribution is -2.11. The molecule has 0 aliphatic rings. The molecule has 0 aliphatic carbocycles. The van der Waals surface area contributed by atoms with Gasteiger partial charge in [-0.05, 0) is 31.3 Å². The van der Waals surface area contributed by atoms with Gasteiger partial charge in [0.25, 0.3) is 0 Å². The largest absolute Gasteiger partial charge is 0.393 e. The van der Waals surface area contributed by atoms with Gasteiger partial charge in [-0.1, -0.05) is 6.92 Å². The van der Waals surface area contributed by atoms with Crippen molar-refractivity contribution in [1.82, 2.24) is 4.37 Å². The van der Waals surface area contributed by atoms with E-state index >= 15 is 0 Å². The Morgan fingerprint density at radius 3 is 2.78 bits per heavy atom. The number of nitrogens with zero attached hydrogens (tertiary/aromatic N) is 1. The lowest BCUT2D eigenvalue weighted by atomic mass is 10.2. The second kappa shape index (κ2) is 6.35. The summed E-state index contributed by atoms with van der Waals surface area (Å²) in [6.45, 7) is 3.88. The normalized spacial score (nSPS) is 13.5. The molecule has 18 heavy (non-hydrogen) atoms. The Labute approximate surface area is 111 Å². The summed E-state index contributed by atoms with van der Waals surface area (Å²) in [7, 11) is -3.36. The van der Waals surface area contributed by atoms with Gasteiger partial charge in [0.2, 0.25) is 0 Å². The summed E-state index contributed by atoms with van der Waals surface area (Å²) in [6, 6.07) is 0. The first kappa shape index (κ1) is 15.2. The first-order valence-electron chi connectivity index (χ1n) is 5.78. The quantitative estimate of drug-likeness (QED) is 0.650. The Hall–Kier alpha value is -0.860. The summed E-state index contributed by atoms with van der Waals surface area (Å²) in [4.78, 5) is 0.104. The average molecular weight is 293 g/mol. The Balaban J connectivity index is 2.73. The van der Waals surface area contributed by atoms with E-state index in [2.05, 4.69) is 9.69 Å². The lowest BCUT2D eigenvalue weighted by Gasteiger charge is -2.07. The molecule has 0 aliphatic heterocycles. The smallest absolute Gasteiger partial charge is 0.184 e. The first-order valence-corrected chi connectivity index (χ1v) is 8.21. The highest BCUT2D eigenvalue weighted by atomic mass is 32.2. The number of hydrogen-bond donors (Lipinski definition) is 3. The Bertz CT molecular complexity index is 483. The fraction of sp³-hybridized carbons (Fsp3) is 0.700. The van der Waals surface area contributed by atoms with Crippen molar-refractivity contribution in [3.63, 3.8) is 0 Å². The molecule has 0 fully saturated rings. The Morgan fingerprint density at radius 1 is 1.56 bits per heavy atom. The molecule has 0 spiro atoms. The van der Waals surface area contributed by atoms with Crippen LogP contribution in [0.25, 0.3) is 0 Å². The van der Waals surface area contributed by atoms with Crippen LogP contribution in [-0.2, 0) is 9.84 Å². The summed E-state index contributed by atoms with van der Waals surface area (Å²) in [5, 5.41) is 12.6. The third kappa shape index (κ3) is 3.82. The minimum absolute atomic E-state index is 0.00202. The van der Waals surface area contributed by atoms with E-state index in [0.29, 0.717) is 18.0 Å². The van der Waals surface area contributed by atoms with Crippen molar-refractivity contribution < 1.29 is 13.5 Å². The van der Waals surface area contributed by atoms with Crippen LogP contribution in [0.15, 0.2) is 4.90 Å². The van der Waals surface area contributed by atoms with Gasteiger partial charge in [-0.25, -0.2) is 8.42 Å². The highest BCUT2D eigenvalue weighted by Crippen LogP contribution is 2.32. The van der Waals surface area contributed by atoms with E-state index in [0.717, 1.165) is 18.0 Å². The molecule has 1 heterocycles. The van der Waals surface area contributed by atoms with Crippen LogP contribution in [0.2, 0.25) is 0 Å². The number of nitrogens with two attached hydrogens (primary N) is 1. The van der Waals surface area contributed by atoms with E-state index in [4.69, 9.17) is 10.8 Å². The number of sulfone groups is 1. The van der Waals surface area contributed by atoms with Gasteiger partial charge < -0.3 is 16.2 Å². The van der Waals surface area contributed by atoms with Crippen LogP contribution in [0.4, 0.5) is 10.8 Å². The molecule has 0 aromatic carbocycles. The van der Waals surface area contributed by atoms with Gasteiger partial charge in [-0.15, -0.1) is 0 Å². The van der Waals surface area contributed by atoms with Gasteiger partial charge >= 0.3 is 0 Å². The molecule has 0 bridgehead atoms. The zero-order valence-corrected chi connectivity index (χ0v) is 12.1. The summed E-state index contributed by atoms with van der Waals surface area (Å²) in [5.41, 5.74) is 5.60. The third-order valence-electron chi connectivity index (χ3n) is 2.45. The van der Waals surface area contributed by atoms with Crippen molar-refractivity contribution >= 4 is 32.2 Å². The van der Waals surface area contributed by atoms with E-state index in [1.54, 1.807) is 13.8 Å². The number of rotatable bonds is 7. The van der Waals surface area contributed by atoms with Gasteiger partial charge in [0.1, 0.15) is 9.90 Å². The topological polar surface area (TPSA) is 105 Å². The SMILES string of the molecule is CCS(=O)(=O)c1c(N)nsc1NCCCC(C)O. The van der Waals surface area contributed by atoms with Crippen LogP contribution in [-0.4, -0.2) is 36.3 Å². The van der Waals surface area contributed by atoms with Gasteiger partial charge in [-0.2, -0.15) is 4.37 Å². The highest BCUT2D eigenvalue weighted by molar-refractivity contribution is 7.91. The zero-order valence-electron chi connectivity index (χ0n) is 10.5. The molecule has 1 unspecified atom stereocenters. The zero-order chi connectivity index (χ0) is 13.8. The molecule has 0 saturated carbocycles. The van der Waals surface area contributed by atoms with Crippen molar-refractivity contribution in [1.29, 1.82) is 0 Å². The molecule has 0 saturated heterocycles. The molecule has 1 rings (SSSR count). The second-order valence-corrected chi connectivity index (χ2v) is 7.04. The van der Waals surface area contributed by atoms with Crippen LogP contribution in [0, 0.1) is 0 Å². The van der Waals surface area contributed by atoms with E-state index < -0.39 is 9.84 Å². The molecule has 0 amide bonds. The predicted octanol–water partition coefficient (Wildman–Crippen LogP) is 1.09. The van der Waals surface area contributed by atoms with E-state index in [1.807, 2.05) is 0 Å². The van der Waals surface area contributed by atoms with Crippen molar-refractivity contribution in [2.45, 2.75) is 37.7 Å². The number of aliphatic hydroxyl groups excluding tert-OH is 1. The Morgan fingerprint density at radius 2 is 2.22 bits per heavy atom. The van der Waals surface area contributed by atoms with Crippen LogP contribution < -0.4 is 11.1 Å². The van der Waals surface area contributed by atoms with E-state index in [9.17, 15) is 8.42 Å². The summed E-state index contributed by atoms with van der Waals surface area (Å²) < 4.78 is 27.6. The van der Waals surface area contributed by atoms with Crippen molar-refractivity contribution in [3.05, 3.63) is 0 Å². The van der Waals surface area contributed by atoms with Crippen molar-refractivity contribution in [2.24, 2.45) is 0 Å². The number of hydrogen-bond acceptors (Lipinski definition) is 7. The monoisotopic (exact) mass is 293 g/mol. The van der Waals surface area contributed by atoms with Crippen molar-refractivity contribution in [2.75, 3.05) is 23.3 Å². The maximum Gasteiger partial charge on any atom is 0.184 e. The molecule has 6 nitrogen and oxygen atoms in total. The molecule has 1 aromatic heterocycles. The van der Waals surface area contributed by atoms with Crippen LogP contribution in [0.3, 0.4) is 0 Å². The average Bonchev–Trinajstić information content (AvgIpc) is 2.66. The second-order valence-electron chi connectivity index (χ2n) is 4.05. The predicted molar refractivity (Wildman–Crippen MR) is 73.7 cm³/mol. The van der Waals surface area contributed by atoms with Crippen LogP contribution in [0.5, 0.6) is 0 Å². The standard InChI is InChI=1S/C10H19N3O3S2/c1-3-18(15,16)8-9(11)13-17-10(8)12-6-4-5-7(2)14/h7,12,14H,3-6H2,1-2H3,(H2,11,13). The van der Waals surface area contributed by atoms with Crippen LogP contribution in [0.1, 0.15) is 26.7 Å². The molecule has 1 atom stereocenters. The van der Waals surface area contributed by atoms with E-state index in [1.165, 1.54) is 0 Å². The summed E-state index contributed by atoms with van der Waals surface area (Å²) >= 11 is 1.05. The maximum atomic E-state index is 11.9. The molecular formula is C10H19N3O3S2. The maximum absolute atomic E-state index is 11.9. The van der Waals surface area contributed by atoms with E-state index in [-0.39, 0.29) is 22.6 Å². The molecule has 4 N–H and O–H groups in total. The van der Waals surface area contributed by atoms with Gasteiger partial charge in [0, 0.05) is 6.54 Å². The highest BCUT2D eigenvalue weighted by Gasteiger charge is 2.23. The van der Waals surface area contributed by atoms with Gasteiger partial charge in [0.05, 0.1) is 11.9 Å². The minimum Gasteiger partial charge on any atom is -0.393 e. The molecule has 104 valence electrons. The molecule has 8 heteroatoms. The van der Waals surface area contributed by atoms with Gasteiger partial charge in [0.15, 0.2) is 15.7 Å². The lowest BCUT2D eigenvalue weighted by molar-refractivity contribution is 0.183. The molecule has 0 radical (unpaired) electrons. The molecular weight excluding hydrogens is 274 g/mol. The summed E-state index contributed by atoms with van der Waals surface area (Å²) in [5.74, 6) is 0.0534. The number of nitrogens with one attached hydrogen (secondary N) is 1. The number of aliphatic hydroxyl groups is 1. The van der Waals surface area contributed by atoms with Crippen molar-refractivity contribution in [3.8, 4) is 0 Å². The fourth-order valence-corrected chi connectivity index (χ4v) is 3.64. The third-order valence-corrected chi connectivity index (χ3v) is 5.19. The molecule has 1 aromatic rings. The Kier molecular flexibility index (Phi) is 5.36. The minimum atomic E-state index is -3.36. The van der Waals surface area contributed by atoms with Crippen LogP contribution >= 0.6 is 11.5 Å². The number of aromatic nitrogens is 1. The number of anilines is 2. The first-order chi connectivity index (χ1) is 8.38. The summed E-state index contributed by atoms with van der Waals surface area (Å²) in [6.07, 6.45) is 1.07. The number of nitrogen functional groups attached to an aromatic ring is 1. The van der Waals surface area contributed by atoms with Gasteiger partial charge in [-0.3, -0.25) is 0 Å².